The molecule has 0 unspecified atom stereocenters. The van der Waals surface area contributed by atoms with Crippen LogP contribution >= 0.6 is 0 Å². The van der Waals surface area contributed by atoms with Gasteiger partial charge in [-0.2, -0.15) is 10.1 Å². The van der Waals surface area contributed by atoms with E-state index in [0.29, 0.717) is 5.95 Å². The number of anilines is 1. The van der Waals surface area contributed by atoms with Crippen molar-refractivity contribution in [2.45, 2.75) is 0 Å². The number of hydrogen-bond donors (Lipinski definition) is 2. The van der Waals surface area contributed by atoms with Gasteiger partial charge in [-0.05, 0) is 0 Å². The fourth-order valence-electron chi connectivity index (χ4n) is 1.03. The van der Waals surface area contributed by atoms with Gasteiger partial charge in [0.1, 0.15) is 6.33 Å². The lowest BCUT2D eigenvalue weighted by Gasteiger charge is -2.15. The third kappa shape index (κ3) is 1.47. The van der Waals surface area contributed by atoms with E-state index in [9.17, 15) is 4.79 Å². The smallest absolute Gasteiger partial charge is 0.334 e. The third-order valence-corrected chi connectivity index (χ3v) is 1.68. The molecule has 0 fully saturated rings. The molecule has 0 saturated carbocycles. The SMILES string of the molecule is O=C(O)C1=CN(c2ncn[nH]2)C=NC1. The number of carboxylic acids is 1. The van der Waals surface area contributed by atoms with Crippen LogP contribution in [0.3, 0.4) is 0 Å². The molecule has 1 aliphatic heterocycles. The lowest BCUT2D eigenvalue weighted by Crippen LogP contribution is -2.22. The first-order chi connectivity index (χ1) is 6.77. The molecule has 0 bridgehead atoms. The van der Waals surface area contributed by atoms with Crippen molar-refractivity contribution in [3.8, 4) is 0 Å². The number of aromatic nitrogens is 3. The third-order valence-electron chi connectivity index (χ3n) is 1.68. The molecule has 1 aliphatic rings. The van der Waals surface area contributed by atoms with E-state index in [0.717, 1.165) is 0 Å². The molecule has 2 rings (SSSR count). The van der Waals surface area contributed by atoms with Crippen molar-refractivity contribution in [1.82, 2.24) is 15.2 Å². The highest BCUT2D eigenvalue weighted by Gasteiger charge is 2.14. The van der Waals surface area contributed by atoms with Gasteiger partial charge in [-0.25, -0.2) is 9.89 Å². The summed E-state index contributed by atoms with van der Waals surface area (Å²) < 4.78 is 0. The molecule has 7 heteroatoms. The van der Waals surface area contributed by atoms with Gasteiger partial charge in [-0.15, -0.1) is 0 Å². The number of nitrogens with one attached hydrogen (secondary N) is 1. The maximum Gasteiger partial charge on any atom is 0.334 e. The average molecular weight is 193 g/mol. The summed E-state index contributed by atoms with van der Waals surface area (Å²) in [5, 5.41) is 15.0. The molecule has 0 spiro atoms. The Hall–Kier alpha value is -2.18. The summed E-state index contributed by atoms with van der Waals surface area (Å²) in [7, 11) is 0. The molecule has 2 heterocycles. The zero-order chi connectivity index (χ0) is 9.97. The van der Waals surface area contributed by atoms with Crippen LogP contribution in [0.5, 0.6) is 0 Å². The summed E-state index contributed by atoms with van der Waals surface area (Å²) in [6, 6.07) is 0. The number of nitrogens with zero attached hydrogens (tertiary/aromatic N) is 4. The van der Waals surface area contributed by atoms with Crippen LogP contribution in [0.25, 0.3) is 0 Å². The van der Waals surface area contributed by atoms with E-state index in [4.69, 9.17) is 5.11 Å². The van der Waals surface area contributed by atoms with E-state index in [-0.39, 0.29) is 12.1 Å². The van der Waals surface area contributed by atoms with E-state index < -0.39 is 5.97 Å². The zero-order valence-corrected chi connectivity index (χ0v) is 7.08. The quantitative estimate of drug-likeness (QED) is 0.667. The molecule has 1 aromatic heterocycles. The van der Waals surface area contributed by atoms with Crippen molar-refractivity contribution in [1.29, 1.82) is 0 Å². The minimum Gasteiger partial charge on any atom is -0.478 e. The van der Waals surface area contributed by atoms with E-state index in [1.54, 1.807) is 0 Å². The van der Waals surface area contributed by atoms with Crippen LogP contribution in [0.15, 0.2) is 23.1 Å². The highest BCUT2D eigenvalue weighted by molar-refractivity contribution is 5.92. The Morgan fingerprint density at radius 3 is 3.14 bits per heavy atom. The molecule has 0 atom stereocenters. The number of rotatable bonds is 2. The molecule has 0 aliphatic carbocycles. The average Bonchev–Trinajstić information content (AvgIpc) is 2.71. The van der Waals surface area contributed by atoms with Gasteiger partial charge in [0.05, 0.1) is 18.5 Å². The Morgan fingerprint density at radius 2 is 2.50 bits per heavy atom. The van der Waals surface area contributed by atoms with Crippen LogP contribution in [-0.2, 0) is 4.79 Å². The van der Waals surface area contributed by atoms with Crippen LogP contribution in [0.1, 0.15) is 0 Å². The van der Waals surface area contributed by atoms with Gasteiger partial charge in [0, 0.05) is 6.20 Å². The van der Waals surface area contributed by atoms with Crippen molar-refractivity contribution in [2.75, 3.05) is 11.4 Å². The lowest BCUT2D eigenvalue weighted by atomic mass is 10.3. The first-order valence-electron chi connectivity index (χ1n) is 3.85. The van der Waals surface area contributed by atoms with E-state index in [1.807, 2.05) is 0 Å². The first kappa shape index (κ1) is 8.42. The summed E-state index contributed by atoms with van der Waals surface area (Å²) in [6.07, 6.45) is 4.29. The Kier molecular flexibility index (Phi) is 1.98. The van der Waals surface area contributed by atoms with Crippen LogP contribution in [0.4, 0.5) is 5.95 Å². The van der Waals surface area contributed by atoms with Crippen LogP contribution in [0, 0.1) is 0 Å². The molecule has 72 valence electrons. The number of aromatic amines is 1. The van der Waals surface area contributed by atoms with Crippen LogP contribution in [-0.4, -0.2) is 39.1 Å². The van der Waals surface area contributed by atoms with Gasteiger partial charge in [-0.1, -0.05) is 0 Å². The predicted molar refractivity (Wildman–Crippen MR) is 47.9 cm³/mol. The topological polar surface area (TPSA) is 94.5 Å². The largest absolute Gasteiger partial charge is 0.478 e. The van der Waals surface area contributed by atoms with Gasteiger partial charge in [0.25, 0.3) is 0 Å². The second-order valence-corrected chi connectivity index (χ2v) is 2.63. The summed E-state index contributed by atoms with van der Waals surface area (Å²) in [4.78, 5) is 19.9. The maximum atomic E-state index is 10.7. The second kappa shape index (κ2) is 3.29. The number of carboxylic acid groups (broad SMARTS) is 1. The fourth-order valence-corrected chi connectivity index (χ4v) is 1.03. The van der Waals surface area contributed by atoms with Gasteiger partial charge in [0.2, 0.25) is 5.95 Å². The molecular formula is C7H7N5O2. The first-order valence-corrected chi connectivity index (χ1v) is 3.85. The Bertz CT molecular complexity index is 394. The zero-order valence-electron chi connectivity index (χ0n) is 7.08. The van der Waals surface area contributed by atoms with Crippen LogP contribution < -0.4 is 4.90 Å². The fraction of sp³-hybridized carbons (Fsp3) is 0.143. The maximum absolute atomic E-state index is 10.7. The molecule has 14 heavy (non-hydrogen) atoms. The summed E-state index contributed by atoms with van der Waals surface area (Å²) in [5.41, 5.74) is 0.212. The molecule has 1 aromatic rings. The molecule has 0 radical (unpaired) electrons. The molecule has 0 amide bonds. The standard InChI is InChI=1S/C7H7N5O2/c13-6(14)5-1-8-4-12(2-5)7-9-3-10-11-7/h2-4H,1H2,(H,13,14)(H,9,10,11). The minimum atomic E-state index is -0.980. The van der Waals surface area contributed by atoms with E-state index >= 15 is 0 Å². The van der Waals surface area contributed by atoms with Crippen molar-refractivity contribution in [3.63, 3.8) is 0 Å². The number of aliphatic imine (C=N–C) groups is 1. The highest BCUT2D eigenvalue weighted by Crippen LogP contribution is 2.09. The van der Waals surface area contributed by atoms with Crippen molar-refractivity contribution in [2.24, 2.45) is 4.99 Å². The van der Waals surface area contributed by atoms with E-state index in [1.165, 1.54) is 23.8 Å². The number of aliphatic carboxylic acids is 1. The molecule has 7 nitrogen and oxygen atoms in total. The summed E-state index contributed by atoms with van der Waals surface area (Å²) in [5.74, 6) is -0.543. The number of H-pyrrole nitrogens is 1. The van der Waals surface area contributed by atoms with E-state index in [2.05, 4.69) is 20.2 Å². The summed E-state index contributed by atoms with van der Waals surface area (Å²) in [6.45, 7) is 0.181. The Morgan fingerprint density at radius 1 is 1.64 bits per heavy atom. The minimum absolute atomic E-state index is 0.181. The number of carbonyl (C=O) groups is 1. The van der Waals surface area contributed by atoms with Gasteiger partial charge < -0.3 is 5.11 Å². The molecule has 2 N–H and O–H groups in total. The lowest BCUT2D eigenvalue weighted by molar-refractivity contribution is -0.132. The molecule has 0 aromatic carbocycles. The summed E-state index contributed by atoms with van der Waals surface area (Å²) >= 11 is 0. The molecular weight excluding hydrogens is 186 g/mol. The molecule has 0 saturated heterocycles. The predicted octanol–water partition coefficient (Wildman–Crippen LogP) is -0.379. The van der Waals surface area contributed by atoms with Crippen molar-refractivity contribution >= 4 is 18.3 Å². The highest BCUT2D eigenvalue weighted by atomic mass is 16.4. The van der Waals surface area contributed by atoms with Crippen molar-refractivity contribution < 1.29 is 9.90 Å². The normalized spacial score (nSPS) is 15.4. The van der Waals surface area contributed by atoms with Gasteiger partial charge in [-0.3, -0.25) is 9.89 Å². The Labute approximate surface area is 78.8 Å². The number of hydrogen-bond acceptors (Lipinski definition) is 5. The second-order valence-electron chi connectivity index (χ2n) is 2.63. The van der Waals surface area contributed by atoms with Gasteiger partial charge >= 0.3 is 5.97 Å². The van der Waals surface area contributed by atoms with Crippen molar-refractivity contribution in [3.05, 3.63) is 18.1 Å². The Balaban J connectivity index is 2.25. The van der Waals surface area contributed by atoms with Gasteiger partial charge in [0.15, 0.2) is 0 Å². The monoisotopic (exact) mass is 193 g/mol. The van der Waals surface area contributed by atoms with Crippen LogP contribution in [0.2, 0.25) is 0 Å².